The molecule has 0 saturated heterocycles. The molecule has 7 heteroatoms. The van der Waals surface area contributed by atoms with Crippen molar-refractivity contribution >= 4 is 17.9 Å². The summed E-state index contributed by atoms with van der Waals surface area (Å²) in [5.41, 5.74) is 4.98. The highest BCUT2D eigenvalue weighted by Crippen LogP contribution is 2.34. The molecular weight excluding hydrogens is 250 g/mol. The van der Waals surface area contributed by atoms with Crippen LogP contribution in [-0.4, -0.2) is 46.5 Å². The SMILES string of the molecule is NC(=O)C[C@@H](NC(=O)N(CC1CC1)C1CC1)C(=O)O. The van der Waals surface area contributed by atoms with Gasteiger partial charge in [0.15, 0.2) is 0 Å². The fourth-order valence-electron chi connectivity index (χ4n) is 2.00. The van der Waals surface area contributed by atoms with Crippen LogP contribution >= 0.6 is 0 Å². The van der Waals surface area contributed by atoms with Crippen LogP contribution in [0.5, 0.6) is 0 Å². The number of aliphatic carboxylic acids is 1. The molecule has 0 bridgehead atoms. The maximum absolute atomic E-state index is 12.1. The lowest BCUT2D eigenvalue weighted by atomic mass is 10.2. The Balaban J connectivity index is 1.91. The summed E-state index contributed by atoms with van der Waals surface area (Å²) in [5.74, 6) is -1.44. The summed E-state index contributed by atoms with van der Waals surface area (Å²) >= 11 is 0. The first-order chi connectivity index (χ1) is 8.97. The predicted molar refractivity (Wildman–Crippen MR) is 66.2 cm³/mol. The zero-order valence-corrected chi connectivity index (χ0v) is 10.7. The van der Waals surface area contributed by atoms with Crippen LogP contribution in [0.4, 0.5) is 4.79 Å². The average Bonchev–Trinajstić information content (AvgIpc) is 3.16. The van der Waals surface area contributed by atoms with Crippen LogP contribution in [0, 0.1) is 5.92 Å². The van der Waals surface area contributed by atoms with Crippen LogP contribution in [0.3, 0.4) is 0 Å². The summed E-state index contributed by atoms with van der Waals surface area (Å²) in [7, 11) is 0. The number of rotatable bonds is 7. The van der Waals surface area contributed by atoms with Gasteiger partial charge >= 0.3 is 12.0 Å². The first-order valence-electron chi connectivity index (χ1n) is 6.55. The molecule has 2 fully saturated rings. The van der Waals surface area contributed by atoms with E-state index in [1.807, 2.05) is 0 Å². The number of nitrogens with two attached hydrogens (primary N) is 1. The van der Waals surface area contributed by atoms with Crippen LogP contribution in [0.2, 0.25) is 0 Å². The molecule has 0 aromatic carbocycles. The van der Waals surface area contributed by atoms with Gasteiger partial charge in [0.2, 0.25) is 5.91 Å². The number of hydrogen-bond acceptors (Lipinski definition) is 3. The Labute approximate surface area is 111 Å². The number of carbonyl (C=O) groups excluding carboxylic acids is 2. The standard InChI is InChI=1S/C12H19N3O4/c13-10(16)5-9(11(17)18)14-12(19)15(8-3-4-8)6-7-1-2-7/h7-9H,1-6H2,(H2,13,16)(H,14,19)(H,17,18)/t9-/m1/s1. The Kier molecular flexibility index (Phi) is 3.92. The third-order valence-electron chi connectivity index (χ3n) is 3.40. The van der Waals surface area contributed by atoms with Gasteiger partial charge in [0.25, 0.3) is 0 Å². The van der Waals surface area contributed by atoms with E-state index in [0.29, 0.717) is 12.5 Å². The van der Waals surface area contributed by atoms with E-state index in [2.05, 4.69) is 5.32 Å². The first-order valence-corrected chi connectivity index (χ1v) is 6.55. The Morgan fingerprint density at radius 2 is 1.89 bits per heavy atom. The first kappa shape index (κ1) is 13.6. The number of hydrogen-bond donors (Lipinski definition) is 3. The summed E-state index contributed by atoms with van der Waals surface area (Å²) in [5, 5.41) is 11.3. The Morgan fingerprint density at radius 3 is 2.32 bits per heavy atom. The molecule has 0 spiro atoms. The molecule has 2 aliphatic carbocycles. The Bertz CT molecular complexity index is 390. The molecule has 2 aliphatic rings. The second-order valence-electron chi connectivity index (χ2n) is 5.34. The minimum atomic E-state index is -1.24. The van der Waals surface area contributed by atoms with E-state index in [4.69, 9.17) is 10.8 Å². The van der Waals surface area contributed by atoms with Crippen LogP contribution < -0.4 is 11.1 Å². The zero-order valence-electron chi connectivity index (χ0n) is 10.7. The van der Waals surface area contributed by atoms with Crippen molar-refractivity contribution in [2.24, 2.45) is 11.7 Å². The minimum Gasteiger partial charge on any atom is -0.480 e. The molecule has 0 unspecified atom stereocenters. The number of carboxylic acid groups (broad SMARTS) is 1. The van der Waals surface area contributed by atoms with E-state index in [9.17, 15) is 14.4 Å². The summed E-state index contributed by atoms with van der Waals surface area (Å²) < 4.78 is 0. The van der Waals surface area contributed by atoms with Gasteiger partial charge in [0.1, 0.15) is 6.04 Å². The third kappa shape index (κ3) is 4.11. The van der Waals surface area contributed by atoms with Crippen LogP contribution in [0.15, 0.2) is 0 Å². The highest BCUT2D eigenvalue weighted by Gasteiger charge is 2.37. The number of carbonyl (C=O) groups is 3. The van der Waals surface area contributed by atoms with E-state index in [1.54, 1.807) is 4.90 Å². The van der Waals surface area contributed by atoms with Crippen LogP contribution in [-0.2, 0) is 9.59 Å². The van der Waals surface area contributed by atoms with E-state index in [0.717, 1.165) is 25.7 Å². The lowest BCUT2D eigenvalue weighted by Crippen LogP contribution is -2.50. The van der Waals surface area contributed by atoms with Crippen molar-refractivity contribution in [3.63, 3.8) is 0 Å². The van der Waals surface area contributed by atoms with Gasteiger partial charge in [0, 0.05) is 12.6 Å². The fourth-order valence-corrected chi connectivity index (χ4v) is 2.00. The van der Waals surface area contributed by atoms with Crippen molar-refractivity contribution in [2.45, 2.75) is 44.2 Å². The predicted octanol–water partition coefficient (Wildman–Crippen LogP) is -0.101. The van der Waals surface area contributed by atoms with E-state index < -0.39 is 23.9 Å². The average molecular weight is 269 g/mol. The van der Waals surface area contributed by atoms with E-state index in [-0.39, 0.29) is 12.5 Å². The Morgan fingerprint density at radius 1 is 1.26 bits per heavy atom. The molecule has 0 aromatic rings. The molecule has 0 aliphatic heterocycles. The number of nitrogens with zero attached hydrogens (tertiary/aromatic N) is 1. The van der Waals surface area contributed by atoms with Gasteiger partial charge in [-0.15, -0.1) is 0 Å². The number of primary amides is 1. The highest BCUT2D eigenvalue weighted by molar-refractivity contribution is 5.87. The smallest absolute Gasteiger partial charge is 0.326 e. The molecule has 4 N–H and O–H groups in total. The number of nitrogens with one attached hydrogen (secondary N) is 1. The molecule has 0 aromatic heterocycles. The van der Waals surface area contributed by atoms with Gasteiger partial charge in [-0.2, -0.15) is 0 Å². The van der Waals surface area contributed by atoms with Gasteiger partial charge in [-0.1, -0.05) is 0 Å². The second kappa shape index (κ2) is 5.46. The van der Waals surface area contributed by atoms with Gasteiger partial charge < -0.3 is 21.1 Å². The summed E-state index contributed by atoms with van der Waals surface area (Å²) in [6.07, 6.45) is 3.80. The van der Waals surface area contributed by atoms with Crippen molar-refractivity contribution in [1.82, 2.24) is 10.2 Å². The second-order valence-corrected chi connectivity index (χ2v) is 5.34. The lowest BCUT2D eigenvalue weighted by Gasteiger charge is -2.24. The normalized spacial score (nSPS) is 19.6. The summed E-state index contributed by atoms with van der Waals surface area (Å²) in [6, 6.07) is -1.42. The lowest BCUT2D eigenvalue weighted by molar-refractivity contribution is -0.141. The molecule has 7 nitrogen and oxygen atoms in total. The maximum atomic E-state index is 12.1. The minimum absolute atomic E-state index is 0.226. The quantitative estimate of drug-likeness (QED) is 0.599. The van der Waals surface area contributed by atoms with Crippen molar-refractivity contribution in [3.05, 3.63) is 0 Å². The van der Waals surface area contributed by atoms with Crippen LogP contribution in [0.1, 0.15) is 32.1 Å². The summed E-state index contributed by atoms with van der Waals surface area (Å²) in [4.78, 5) is 35.6. The van der Waals surface area contributed by atoms with Crippen molar-refractivity contribution in [1.29, 1.82) is 0 Å². The van der Waals surface area contributed by atoms with E-state index in [1.165, 1.54) is 0 Å². The Hall–Kier alpha value is -1.79. The molecule has 3 amide bonds. The maximum Gasteiger partial charge on any atom is 0.326 e. The van der Waals surface area contributed by atoms with Crippen molar-refractivity contribution in [3.8, 4) is 0 Å². The summed E-state index contributed by atoms with van der Waals surface area (Å²) in [6.45, 7) is 0.680. The monoisotopic (exact) mass is 269 g/mol. The van der Waals surface area contributed by atoms with Gasteiger partial charge in [-0.3, -0.25) is 4.79 Å². The number of carboxylic acids is 1. The topological polar surface area (TPSA) is 113 Å². The number of urea groups is 1. The molecule has 106 valence electrons. The van der Waals surface area contributed by atoms with Gasteiger partial charge in [-0.05, 0) is 31.6 Å². The molecular formula is C12H19N3O4. The van der Waals surface area contributed by atoms with Gasteiger partial charge in [-0.25, -0.2) is 9.59 Å². The van der Waals surface area contributed by atoms with E-state index >= 15 is 0 Å². The fraction of sp³-hybridized carbons (Fsp3) is 0.750. The number of amides is 3. The molecule has 1 atom stereocenters. The molecule has 0 radical (unpaired) electrons. The zero-order chi connectivity index (χ0) is 14.0. The van der Waals surface area contributed by atoms with Crippen molar-refractivity contribution < 1.29 is 19.5 Å². The highest BCUT2D eigenvalue weighted by atomic mass is 16.4. The van der Waals surface area contributed by atoms with Crippen LogP contribution in [0.25, 0.3) is 0 Å². The molecule has 19 heavy (non-hydrogen) atoms. The van der Waals surface area contributed by atoms with Gasteiger partial charge in [0.05, 0.1) is 6.42 Å². The third-order valence-corrected chi connectivity index (χ3v) is 3.40. The largest absolute Gasteiger partial charge is 0.480 e. The molecule has 2 rings (SSSR count). The molecule has 2 saturated carbocycles. The molecule has 0 heterocycles. The van der Waals surface area contributed by atoms with Crippen molar-refractivity contribution in [2.75, 3.05) is 6.54 Å².